The quantitative estimate of drug-likeness (QED) is 0.498. The average molecular weight is 407 g/mol. The van der Waals surface area contributed by atoms with Crippen molar-refractivity contribution in [3.05, 3.63) is 92.3 Å². The highest BCUT2D eigenvalue weighted by molar-refractivity contribution is 5.99. The van der Waals surface area contributed by atoms with Gasteiger partial charge in [0.2, 0.25) is 0 Å². The Morgan fingerprint density at radius 2 is 1.63 bits per heavy atom. The van der Waals surface area contributed by atoms with Gasteiger partial charge >= 0.3 is 5.69 Å². The summed E-state index contributed by atoms with van der Waals surface area (Å²) in [4.78, 5) is 35.2. The minimum atomic E-state index is -0.453. The van der Waals surface area contributed by atoms with Gasteiger partial charge in [-0.25, -0.2) is 0 Å². The Bertz CT molecular complexity index is 1120. The van der Waals surface area contributed by atoms with E-state index < -0.39 is 16.7 Å². The van der Waals surface area contributed by atoms with Gasteiger partial charge in [0.05, 0.1) is 11.5 Å². The first-order valence-corrected chi connectivity index (χ1v) is 9.21. The number of aromatic nitrogens is 2. The van der Waals surface area contributed by atoms with Crippen LogP contribution < -0.4 is 10.9 Å². The van der Waals surface area contributed by atoms with E-state index in [1.165, 1.54) is 0 Å². The molecular weight excluding hydrogens is 386 g/mol. The van der Waals surface area contributed by atoms with Crippen LogP contribution in [-0.4, -0.2) is 26.5 Å². The van der Waals surface area contributed by atoms with Gasteiger partial charge < -0.3 is 0 Å². The largest absolute Gasteiger partial charge is 0.312 e. The van der Waals surface area contributed by atoms with Crippen LogP contribution in [0.15, 0.2) is 48.5 Å². The summed E-state index contributed by atoms with van der Waals surface area (Å²) in [6, 6.07) is 13.8. The van der Waals surface area contributed by atoms with E-state index in [2.05, 4.69) is 16.0 Å². The fraction of sp³-hybridized carbons (Fsp3) is 0.190. The molecule has 0 bridgehead atoms. The SMILES string of the molecule is Cc1ccccc1C(=O)NNC(=O)c1ccc(Cn2nc(C)c([N+](=O)[O-])c2C)cc1. The number of nitro groups is 1. The van der Waals surface area contributed by atoms with Crippen molar-refractivity contribution in [3.63, 3.8) is 0 Å². The third kappa shape index (κ3) is 4.35. The zero-order valence-electron chi connectivity index (χ0n) is 16.8. The van der Waals surface area contributed by atoms with Crippen molar-refractivity contribution in [2.24, 2.45) is 0 Å². The molecule has 0 saturated carbocycles. The van der Waals surface area contributed by atoms with E-state index in [0.29, 0.717) is 29.1 Å². The maximum atomic E-state index is 12.3. The normalized spacial score (nSPS) is 10.5. The molecule has 3 aromatic rings. The monoisotopic (exact) mass is 407 g/mol. The lowest BCUT2D eigenvalue weighted by Gasteiger charge is -2.10. The molecule has 0 atom stereocenters. The third-order valence-electron chi connectivity index (χ3n) is 4.75. The van der Waals surface area contributed by atoms with Crippen LogP contribution in [0.25, 0.3) is 0 Å². The standard InChI is InChI=1S/C21H21N5O4/c1-13-6-4-5-7-18(13)21(28)23-22-20(27)17-10-8-16(9-11-17)12-25-15(3)19(26(29)30)14(2)24-25/h4-11H,12H2,1-3H3,(H,22,27)(H,23,28). The summed E-state index contributed by atoms with van der Waals surface area (Å²) in [6.45, 7) is 5.40. The van der Waals surface area contributed by atoms with E-state index in [9.17, 15) is 19.7 Å². The number of nitrogens with one attached hydrogen (secondary N) is 2. The number of nitrogens with zero attached hydrogens (tertiary/aromatic N) is 3. The number of rotatable bonds is 5. The first-order valence-electron chi connectivity index (χ1n) is 9.21. The van der Waals surface area contributed by atoms with Crippen LogP contribution in [0.5, 0.6) is 0 Å². The van der Waals surface area contributed by atoms with Crippen molar-refractivity contribution < 1.29 is 14.5 Å². The molecule has 9 nitrogen and oxygen atoms in total. The molecule has 9 heteroatoms. The van der Waals surface area contributed by atoms with Gasteiger partial charge in [0.1, 0.15) is 11.4 Å². The number of benzene rings is 2. The molecule has 2 amide bonds. The first-order chi connectivity index (χ1) is 14.3. The van der Waals surface area contributed by atoms with Gasteiger partial charge in [-0.1, -0.05) is 30.3 Å². The lowest BCUT2D eigenvalue weighted by molar-refractivity contribution is -0.386. The van der Waals surface area contributed by atoms with Gasteiger partial charge in [-0.2, -0.15) is 5.10 Å². The highest BCUT2D eigenvalue weighted by Gasteiger charge is 2.21. The summed E-state index contributed by atoms with van der Waals surface area (Å²) in [7, 11) is 0. The fourth-order valence-electron chi connectivity index (χ4n) is 3.12. The number of hydrazine groups is 1. The molecular formula is C21H21N5O4. The van der Waals surface area contributed by atoms with Gasteiger partial charge in [-0.3, -0.25) is 35.2 Å². The average Bonchev–Trinajstić information content (AvgIpc) is 2.99. The Morgan fingerprint density at radius 3 is 2.23 bits per heavy atom. The van der Waals surface area contributed by atoms with Gasteiger partial charge in [0.15, 0.2) is 0 Å². The number of amides is 2. The Labute approximate surface area is 172 Å². The highest BCUT2D eigenvalue weighted by Crippen LogP contribution is 2.22. The van der Waals surface area contributed by atoms with E-state index in [0.717, 1.165) is 11.1 Å². The molecule has 0 radical (unpaired) electrons. The summed E-state index contributed by atoms with van der Waals surface area (Å²) in [6.07, 6.45) is 0. The zero-order chi connectivity index (χ0) is 21.8. The first kappa shape index (κ1) is 20.7. The van der Waals surface area contributed by atoms with Gasteiger partial charge in [-0.05, 0) is 50.1 Å². The number of hydrogen-bond acceptors (Lipinski definition) is 5. The minimum Gasteiger partial charge on any atom is -0.267 e. The molecule has 30 heavy (non-hydrogen) atoms. The van der Waals surface area contributed by atoms with Crippen molar-refractivity contribution in [3.8, 4) is 0 Å². The summed E-state index contributed by atoms with van der Waals surface area (Å²) in [5, 5.41) is 15.3. The van der Waals surface area contributed by atoms with Crippen LogP contribution in [-0.2, 0) is 6.54 Å². The Morgan fingerprint density at radius 1 is 1.00 bits per heavy atom. The zero-order valence-corrected chi connectivity index (χ0v) is 16.8. The molecule has 0 saturated heterocycles. The van der Waals surface area contributed by atoms with Gasteiger partial charge in [0.25, 0.3) is 11.8 Å². The summed E-state index contributed by atoms with van der Waals surface area (Å²) in [5.74, 6) is -0.852. The van der Waals surface area contributed by atoms with Crippen molar-refractivity contribution in [2.45, 2.75) is 27.3 Å². The number of hydrogen-bond donors (Lipinski definition) is 2. The van der Waals surface area contributed by atoms with Crippen LogP contribution >= 0.6 is 0 Å². The number of carbonyl (C=O) groups is 2. The molecule has 154 valence electrons. The fourth-order valence-corrected chi connectivity index (χ4v) is 3.12. The predicted molar refractivity (Wildman–Crippen MR) is 110 cm³/mol. The molecule has 2 aromatic carbocycles. The third-order valence-corrected chi connectivity index (χ3v) is 4.75. The second kappa shape index (κ2) is 8.56. The number of aryl methyl sites for hydroxylation is 2. The van der Waals surface area contributed by atoms with Crippen molar-refractivity contribution >= 4 is 17.5 Å². The molecule has 0 fully saturated rings. The van der Waals surface area contributed by atoms with Gasteiger partial charge in [-0.15, -0.1) is 0 Å². The smallest absolute Gasteiger partial charge is 0.267 e. The van der Waals surface area contributed by atoms with Crippen molar-refractivity contribution in [1.82, 2.24) is 20.6 Å². The molecule has 2 N–H and O–H groups in total. The van der Waals surface area contributed by atoms with Crippen LogP contribution in [0, 0.1) is 30.9 Å². The maximum absolute atomic E-state index is 12.3. The summed E-state index contributed by atoms with van der Waals surface area (Å²) < 4.78 is 1.56. The second-order valence-electron chi connectivity index (χ2n) is 6.85. The van der Waals surface area contributed by atoms with Crippen LogP contribution in [0.1, 0.15) is 43.2 Å². The highest BCUT2D eigenvalue weighted by atomic mass is 16.6. The second-order valence-corrected chi connectivity index (χ2v) is 6.85. The van der Waals surface area contributed by atoms with Crippen LogP contribution in [0.3, 0.4) is 0 Å². The lowest BCUT2D eigenvalue weighted by Crippen LogP contribution is -2.41. The Balaban J connectivity index is 1.64. The van der Waals surface area contributed by atoms with E-state index >= 15 is 0 Å². The maximum Gasteiger partial charge on any atom is 0.312 e. The molecule has 0 aliphatic carbocycles. The predicted octanol–water partition coefficient (Wildman–Crippen LogP) is 2.84. The van der Waals surface area contributed by atoms with E-state index in [1.54, 1.807) is 54.9 Å². The molecule has 1 heterocycles. The Kier molecular flexibility index (Phi) is 5.91. The topological polar surface area (TPSA) is 119 Å². The Hall–Kier alpha value is -4.01. The van der Waals surface area contributed by atoms with E-state index in [4.69, 9.17) is 0 Å². The van der Waals surface area contributed by atoms with Crippen molar-refractivity contribution in [2.75, 3.05) is 0 Å². The summed E-state index contributed by atoms with van der Waals surface area (Å²) in [5.41, 5.74) is 8.11. The molecule has 0 aliphatic rings. The van der Waals surface area contributed by atoms with Crippen molar-refractivity contribution in [1.29, 1.82) is 0 Å². The van der Waals surface area contributed by atoms with Gasteiger partial charge in [0, 0.05) is 11.1 Å². The molecule has 0 unspecified atom stereocenters. The lowest BCUT2D eigenvalue weighted by atomic mass is 10.1. The molecule has 3 rings (SSSR count). The number of carbonyl (C=O) groups excluding carboxylic acids is 2. The minimum absolute atomic E-state index is 0.00962. The molecule has 0 aliphatic heterocycles. The molecule has 1 aromatic heterocycles. The summed E-state index contributed by atoms with van der Waals surface area (Å²) >= 11 is 0. The van der Waals surface area contributed by atoms with Crippen LogP contribution in [0.2, 0.25) is 0 Å². The van der Waals surface area contributed by atoms with Crippen LogP contribution in [0.4, 0.5) is 5.69 Å². The van der Waals surface area contributed by atoms with E-state index in [1.807, 2.05) is 19.1 Å². The molecule has 0 spiro atoms. The van der Waals surface area contributed by atoms with E-state index in [-0.39, 0.29) is 5.69 Å².